The highest BCUT2D eigenvalue weighted by atomic mass is 19.1. The fraction of sp³-hybridized carbons (Fsp3) is 0.500. The maximum absolute atomic E-state index is 13.2. The third-order valence-corrected chi connectivity index (χ3v) is 4.37. The van der Waals surface area contributed by atoms with Crippen molar-refractivity contribution in [1.82, 2.24) is 15.1 Å². The van der Waals surface area contributed by atoms with Crippen molar-refractivity contribution in [2.24, 2.45) is 11.7 Å². The van der Waals surface area contributed by atoms with Crippen molar-refractivity contribution in [3.05, 3.63) is 35.6 Å². The lowest BCUT2D eigenvalue weighted by Crippen LogP contribution is -2.54. The number of halogens is 1. The Morgan fingerprint density at radius 2 is 2.04 bits per heavy atom. The topological polar surface area (TPSA) is 95.7 Å². The van der Waals surface area contributed by atoms with Crippen LogP contribution in [0.2, 0.25) is 0 Å². The molecule has 3 N–H and O–H groups in total. The van der Waals surface area contributed by atoms with Gasteiger partial charge in [0.2, 0.25) is 17.7 Å². The van der Waals surface area contributed by atoms with Crippen LogP contribution >= 0.6 is 0 Å². The zero-order valence-corrected chi connectivity index (χ0v) is 15.1. The fourth-order valence-electron chi connectivity index (χ4n) is 2.64. The Morgan fingerprint density at radius 1 is 1.31 bits per heavy atom. The van der Waals surface area contributed by atoms with Crippen molar-refractivity contribution in [3.63, 3.8) is 0 Å². The number of rotatable bonds is 6. The number of hydrogen-bond donors (Lipinski definition) is 2. The first-order valence-corrected chi connectivity index (χ1v) is 8.61. The predicted molar refractivity (Wildman–Crippen MR) is 94.2 cm³/mol. The van der Waals surface area contributed by atoms with Gasteiger partial charge in [-0.15, -0.1) is 0 Å². The second kappa shape index (κ2) is 8.75. The smallest absolute Gasteiger partial charge is 0.242 e. The van der Waals surface area contributed by atoms with E-state index in [9.17, 15) is 18.8 Å². The van der Waals surface area contributed by atoms with E-state index in [1.807, 2.05) is 13.8 Å². The lowest BCUT2D eigenvalue weighted by Gasteiger charge is -2.34. The average Bonchev–Trinajstić information content (AvgIpc) is 2.60. The van der Waals surface area contributed by atoms with Crippen LogP contribution in [-0.2, 0) is 20.9 Å². The molecule has 0 aromatic heterocycles. The monoisotopic (exact) mass is 364 g/mol. The van der Waals surface area contributed by atoms with Crippen LogP contribution in [0.15, 0.2) is 24.3 Å². The van der Waals surface area contributed by atoms with Crippen LogP contribution in [0.3, 0.4) is 0 Å². The van der Waals surface area contributed by atoms with Crippen LogP contribution in [0, 0.1) is 11.7 Å². The SMILES string of the molecule is CC(C)[C@H](N)C(=O)NCC(=O)N1CCN(Cc2cccc(F)c2)C(=O)C1. The maximum Gasteiger partial charge on any atom is 0.242 e. The van der Waals surface area contributed by atoms with E-state index in [1.54, 1.807) is 17.0 Å². The van der Waals surface area contributed by atoms with Crippen molar-refractivity contribution in [3.8, 4) is 0 Å². The van der Waals surface area contributed by atoms with E-state index < -0.39 is 6.04 Å². The van der Waals surface area contributed by atoms with Crippen LogP contribution < -0.4 is 11.1 Å². The number of hydrogen-bond acceptors (Lipinski definition) is 4. The molecule has 1 heterocycles. The van der Waals surface area contributed by atoms with Crippen LogP contribution in [0.25, 0.3) is 0 Å². The molecule has 8 heteroatoms. The summed E-state index contributed by atoms with van der Waals surface area (Å²) in [4.78, 5) is 39.3. The summed E-state index contributed by atoms with van der Waals surface area (Å²) in [6.45, 7) is 4.44. The quantitative estimate of drug-likeness (QED) is 0.748. The van der Waals surface area contributed by atoms with E-state index >= 15 is 0 Å². The Balaban J connectivity index is 1.83. The highest BCUT2D eigenvalue weighted by molar-refractivity contribution is 5.90. The van der Waals surface area contributed by atoms with Gasteiger partial charge in [-0.1, -0.05) is 26.0 Å². The molecule has 3 amide bonds. The molecule has 0 bridgehead atoms. The second-order valence-electron chi connectivity index (χ2n) is 6.75. The Bertz CT molecular complexity index is 680. The van der Waals surface area contributed by atoms with Crippen LogP contribution in [-0.4, -0.2) is 59.7 Å². The molecular weight excluding hydrogens is 339 g/mol. The zero-order valence-electron chi connectivity index (χ0n) is 15.1. The van der Waals surface area contributed by atoms with Crippen LogP contribution in [0.5, 0.6) is 0 Å². The van der Waals surface area contributed by atoms with E-state index in [-0.39, 0.29) is 42.5 Å². The molecular formula is C18H25FN4O3. The predicted octanol–water partition coefficient (Wildman–Crippen LogP) is 0.0960. The van der Waals surface area contributed by atoms with Crippen LogP contribution in [0.4, 0.5) is 4.39 Å². The lowest BCUT2D eigenvalue weighted by atomic mass is 10.1. The van der Waals surface area contributed by atoms with Gasteiger partial charge in [-0.2, -0.15) is 0 Å². The molecule has 7 nitrogen and oxygen atoms in total. The summed E-state index contributed by atoms with van der Waals surface area (Å²) in [5.74, 6) is -1.30. The van der Waals surface area contributed by atoms with Crippen molar-refractivity contribution in [2.45, 2.75) is 26.4 Å². The molecule has 0 aliphatic carbocycles. The first-order chi connectivity index (χ1) is 12.3. The Morgan fingerprint density at radius 3 is 2.65 bits per heavy atom. The van der Waals surface area contributed by atoms with Crippen molar-refractivity contribution < 1.29 is 18.8 Å². The van der Waals surface area contributed by atoms with E-state index in [1.165, 1.54) is 17.0 Å². The number of benzene rings is 1. The van der Waals surface area contributed by atoms with E-state index in [2.05, 4.69) is 5.32 Å². The minimum absolute atomic E-state index is 0.0296. The highest BCUT2D eigenvalue weighted by Crippen LogP contribution is 2.11. The largest absolute Gasteiger partial charge is 0.346 e. The van der Waals surface area contributed by atoms with E-state index in [4.69, 9.17) is 5.73 Å². The molecule has 0 spiro atoms. The minimum atomic E-state index is -0.674. The van der Waals surface area contributed by atoms with Gasteiger partial charge in [-0.3, -0.25) is 14.4 Å². The summed E-state index contributed by atoms with van der Waals surface area (Å²) >= 11 is 0. The second-order valence-corrected chi connectivity index (χ2v) is 6.75. The average molecular weight is 364 g/mol. The standard InChI is InChI=1S/C18H25FN4O3/c1-12(2)17(20)18(26)21-9-15(24)23-7-6-22(16(25)11-23)10-13-4-3-5-14(19)8-13/h3-5,8,12,17H,6-7,9-11,20H2,1-2H3,(H,21,26)/t17-/m0/s1. The molecule has 0 unspecified atom stereocenters. The molecule has 1 atom stereocenters. The summed E-state index contributed by atoms with van der Waals surface area (Å²) < 4.78 is 13.2. The fourth-order valence-corrected chi connectivity index (χ4v) is 2.64. The number of piperazine rings is 1. The normalized spacial score (nSPS) is 16.0. The van der Waals surface area contributed by atoms with Gasteiger partial charge in [0, 0.05) is 19.6 Å². The van der Waals surface area contributed by atoms with Gasteiger partial charge in [0.15, 0.2) is 0 Å². The summed E-state index contributed by atoms with van der Waals surface area (Å²) in [5, 5.41) is 2.51. The van der Waals surface area contributed by atoms with Gasteiger partial charge in [0.25, 0.3) is 0 Å². The summed E-state index contributed by atoms with van der Waals surface area (Å²) in [5.41, 5.74) is 6.43. The van der Waals surface area contributed by atoms with Crippen molar-refractivity contribution in [1.29, 1.82) is 0 Å². The van der Waals surface area contributed by atoms with Crippen molar-refractivity contribution >= 4 is 17.7 Å². The molecule has 26 heavy (non-hydrogen) atoms. The van der Waals surface area contributed by atoms with Gasteiger partial charge in [-0.25, -0.2) is 4.39 Å². The summed E-state index contributed by atoms with van der Waals surface area (Å²) in [6, 6.07) is 5.41. The van der Waals surface area contributed by atoms with Gasteiger partial charge >= 0.3 is 0 Å². The van der Waals surface area contributed by atoms with Gasteiger partial charge in [0.05, 0.1) is 19.1 Å². The molecule has 1 aliphatic heterocycles. The van der Waals surface area contributed by atoms with Crippen LogP contribution in [0.1, 0.15) is 19.4 Å². The first kappa shape index (κ1) is 19.8. The molecule has 1 fully saturated rings. The number of nitrogens with zero attached hydrogens (tertiary/aromatic N) is 2. The number of nitrogens with two attached hydrogens (primary N) is 1. The molecule has 142 valence electrons. The molecule has 2 rings (SSSR count). The number of carbonyl (C=O) groups is 3. The Labute approximate surface area is 152 Å². The first-order valence-electron chi connectivity index (χ1n) is 8.61. The number of carbonyl (C=O) groups excluding carboxylic acids is 3. The Hall–Kier alpha value is -2.48. The van der Waals surface area contributed by atoms with Gasteiger partial charge in [-0.05, 0) is 23.6 Å². The Kier molecular flexibility index (Phi) is 6.68. The molecule has 0 radical (unpaired) electrons. The molecule has 0 saturated carbocycles. The van der Waals surface area contributed by atoms with E-state index in [0.29, 0.717) is 25.2 Å². The summed E-state index contributed by atoms with van der Waals surface area (Å²) in [7, 11) is 0. The van der Waals surface area contributed by atoms with Gasteiger partial charge in [0.1, 0.15) is 5.82 Å². The molecule has 1 aromatic rings. The third kappa shape index (κ3) is 5.26. The van der Waals surface area contributed by atoms with E-state index in [0.717, 1.165) is 0 Å². The highest BCUT2D eigenvalue weighted by Gasteiger charge is 2.27. The molecule has 1 aromatic carbocycles. The maximum atomic E-state index is 13.2. The summed E-state index contributed by atoms with van der Waals surface area (Å²) in [6.07, 6.45) is 0. The number of nitrogens with one attached hydrogen (secondary N) is 1. The number of amides is 3. The molecule has 1 aliphatic rings. The zero-order chi connectivity index (χ0) is 19.3. The lowest BCUT2D eigenvalue weighted by molar-refractivity contribution is -0.145. The molecule has 1 saturated heterocycles. The van der Waals surface area contributed by atoms with Gasteiger partial charge < -0.3 is 20.9 Å². The minimum Gasteiger partial charge on any atom is -0.346 e. The third-order valence-electron chi connectivity index (χ3n) is 4.37. The van der Waals surface area contributed by atoms with Crippen molar-refractivity contribution in [2.75, 3.05) is 26.2 Å².